The predicted octanol–water partition coefficient (Wildman–Crippen LogP) is -2.83. The van der Waals surface area contributed by atoms with Crippen molar-refractivity contribution in [1.29, 1.82) is 5.41 Å². The third kappa shape index (κ3) is 28.8. The van der Waals surface area contributed by atoms with Gasteiger partial charge >= 0.3 is 0 Å². The van der Waals surface area contributed by atoms with Crippen LogP contribution >= 0.6 is 11.8 Å². The van der Waals surface area contributed by atoms with Crippen molar-refractivity contribution in [2.45, 2.75) is 197 Å². The summed E-state index contributed by atoms with van der Waals surface area (Å²) in [4.78, 5) is 251. The number of likely N-dealkylation sites (N-methyl/N-ethyl adjacent to an activating group) is 4. The van der Waals surface area contributed by atoms with Crippen molar-refractivity contribution in [2.24, 2.45) is 23.1 Å². The number of aromatic amines is 3. The number of hydrogen-bond donors (Lipinski definition) is 19. The van der Waals surface area contributed by atoms with Crippen LogP contribution < -0.4 is 75.7 Å². The van der Waals surface area contributed by atoms with Gasteiger partial charge in [-0.1, -0.05) is 100 Å². The molecule has 2 aliphatic rings. The van der Waals surface area contributed by atoms with E-state index in [2.05, 4.69) is 78.4 Å². The molecule has 6 aromatic rings. The minimum atomic E-state index is -1.73. The molecule has 2 aliphatic heterocycles. The molecule has 0 aliphatic carbocycles. The molecule has 16 amide bonds. The van der Waals surface area contributed by atoms with Crippen molar-refractivity contribution >= 4 is 134 Å². The number of nitrogens with two attached hydrogens (primary N) is 3. The van der Waals surface area contributed by atoms with E-state index in [0.29, 0.717) is 46.1 Å². The summed E-state index contributed by atoms with van der Waals surface area (Å²) in [6.45, 7) is 6.29. The van der Waals surface area contributed by atoms with Gasteiger partial charge in [0.25, 0.3) is 0 Å². The van der Waals surface area contributed by atoms with Gasteiger partial charge in [-0.25, -0.2) is 4.98 Å². The summed E-state index contributed by atoms with van der Waals surface area (Å²) in [6.07, 6.45) is 5.98. The summed E-state index contributed by atoms with van der Waals surface area (Å²) in [5, 5.41) is 50.1. The third-order valence-electron chi connectivity index (χ3n) is 22.6. The van der Waals surface area contributed by atoms with Crippen molar-refractivity contribution in [1.82, 2.24) is 103 Å². The van der Waals surface area contributed by atoms with Crippen molar-refractivity contribution in [2.75, 3.05) is 79.0 Å². The molecule has 128 heavy (non-hydrogen) atoms. The molecule has 22 N–H and O–H groups in total. The van der Waals surface area contributed by atoms with Gasteiger partial charge in [0.2, 0.25) is 94.5 Å². The average molecular weight is 1800 g/mol. The van der Waals surface area contributed by atoms with Gasteiger partial charge in [0.05, 0.1) is 37.7 Å². The molecule has 41 nitrogen and oxygen atoms in total. The molecule has 3 aromatic heterocycles. The molecule has 0 spiro atoms. The maximum absolute atomic E-state index is 15.5. The highest BCUT2D eigenvalue weighted by atomic mass is 32.2. The normalized spacial score (nSPS) is 23.9. The number of H-pyrrole nitrogens is 3. The first-order chi connectivity index (χ1) is 61.0. The van der Waals surface area contributed by atoms with E-state index in [1.54, 1.807) is 67.0 Å². The molecule has 13 unspecified atom stereocenters. The number of guanidine groups is 1. The highest BCUT2D eigenvalue weighted by Crippen LogP contribution is 2.26. The second-order valence-electron chi connectivity index (χ2n) is 32.6. The Hall–Kier alpha value is -13.0. The van der Waals surface area contributed by atoms with Crippen LogP contribution in [0.15, 0.2) is 104 Å². The number of benzene rings is 3. The zero-order valence-electron chi connectivity index (χ0n) is 73.5. The number of thioether (sulfide) groups is 1. The van der Waals surface area contributed by atoms with Gasteiger partial charge in [0, 0.05) is 125 Å². The van der Waals surface area contributed by atoms with E-state index in [9.17, 15) is 67.4 Å². The Labute approximate surface area is 745 Å². The van der Waals surface area contributed by atoms with Gasteiger partial charge < -0.3 is 120 Å². The molecular formula is C86H122N24O17S. The van der Waals surface area contributed by atoms with Crippen LogP contribution in [0.1, 0.15) is 115 Å². The first-order valence-electron chi connectivity index (χ1n) is 42.7. The van der Waals surface area contributed by atoms with E-state index in [4.69, 9.17) is 22.6 Å². The van der Waals surface area contributed by atoms with Gasteiger partial charge in [-0.2, -0.15) is 0 Å². The predicted molar refractivity (Wildman–Crippen MR) is 476 cm³/mol. The van der Waals surface area contributed by atoms with E-state index in [-0.39, 0.29) is 96.3 Å². The number of para-hydroxylation sites is 2. The van der Waals surface area contributed by atoms with Crippen LogP contribution in [-0.4, -0.2) is 308 Å². The molecule has 13 atom stereocenters. The Kier molecular flexibility index (Phi) is 38.2. The minimum absolute atomic E-state index is 0.00951. The lowest BCUT2D eigenvalue weighted by Gasteiger charge is -2.35. The topological polar surface area (TPSA) is 604 Å². The summed E-state index contributed by atoms with van der Waals surface area (Å²) in [7, 11) is 5.43. The number of fused-ring (bicyclic) bond motifs is 3. The quantitative estimate of drug-likeness (QED) is 0.0175. The molecule has 5 heterocycles. The van der Waals surface area contributed by atoms with E-state index < -0.39 is 210 Å². The molecule has 0 saturated carbocycles. The van der Waals surface area contributed by atoms with Gasteiger partial charge in [-0.3, -0.25) is 82.1 Å². The standard InChI is InChI=1S/C86H122N24O17S/c1-10-11-28-69-85(127)108(8)50(5)73(115)99-59(27-19-30-93-86(89)90)76(118)105-67(75(117)96-43-71(88)113)45-128-46-72(114)98-63(35-51-21-13-12-14-22-51)82(124)107(7)49(4)74(116)101-65(39-70(87)112)84(126)110-32-20-29-68(110)80(122)100-61(38-54-42-91-47-97-54)78(120)102-62(34-48(2)3)81(123)106(6)33-31-92-60(36-52-40-94-57-25-17-15-23-55(52)57)77(119)104-66(44-111)79(121)103-64(83(125)109(69)9)37-53-41-95-58-26-18-16-24-56(53)58/h12-18,21-26,40-42,47-50,59-69,92,94-95,111H,10-11,19-20,27-39,43-46H2,1-9H3,(H2,87,112)(H2,88,113)(H,91,97)(H,96,117)(H,98,114)(H,99,115)(H,100,122)(H,101,116)(H,102,120)(H,103,121)(H,104,119)(H,105,118)(H4,89,90,93). The highest BCUT2D eigenvalue weighted by molar-refractivity contribution is 8.00. The minimum Gasteiger partial charge on any atom is -0.394 e. The second kappa shape index (κ2) is 48.6. The number of nitrogens with zero attached hydrogens (tertiary/aromatic N) is 6. The number of hydrogen-bond acceptors (Lipinski definition) is 21. The van der Waals surface area contributed by atoms with Gasteiger partial charge in [0.15, 0.2) is 5.96 Å². The number of amides is 16. The zero-order valence-corrected chi connectivity index (χ0v) is 74.4. The van der Waals surface area contributed by atoms with Crippen LogP contribution in [0.25, 0.3) is 21.8 Å². The van der Waals surface area contributed by atoms with Crippen LogP contribution in [0.2, 0.25) is 0 Å². The van der Waals surface area contributed by atoms with Gasteiger partial charge in [0.1, 0.15) is 72.5 Å². The number of imidazole rings is 1. The fourth-order valence-corrected chi connectivity index (χ4v) is 16.0. The number of aliphatic hydroxyl groups excluding tert-OH is 1. The monoisotopic (exact) mass is 1790 g/mol. The Morgan fingerprint density at radius 1 is 0.562 bits per heavy atom. The number of nitrogens with one attached hydrogen (secondary N) is 15. The van der Waals surface area contributed by atoms with Crippen LogP contribution in [0, 0.1) is 11.3 Å². The molecule has 0 radical (unpaired) electrons. The number of primary amides is 2. The van der Waals surface area contributed by atoms with Gasteiger partial charge in [-0.05, 0) is 93.5 Å². The summed E-state index contributed by atoms with van der Waals surface area (Å²) in [5.74, 6) is -15.4. The maximum atomic E-state index is 15.5. The molecular weight excluding hydrogens is 1670 g/mol. The first kappa shape index (κ1) is 100. The fraction of sp³-hybridized carbons (Fsp3) is 0.512. The molecule has 3 aromatic carbocycles. The lowest BCUT2D eigenvalue weighted by atomic mass is 10.0. The van der Waals surface area contributed by atoms with Gasteiger partial charge in [-0.15, -0.1) is 11.8 Å². The SMILES string of the molecule is CCCCC1C(=O)N(C)C(C)C(=O)NC(CCCNC(=N)N)C(=O)NC(C(=O)NCC(N)=O)CSCC(=O)NC(Cc2ccccc2)C(=O)N(C)C(C)C(=O)NC(CC(N)=O)C(=O)N2CCCC2C(=O)NC(Cc2cnc[nH]2)C(=O)NC(CC(C)C)C(=O)N(C)CCNC(Cc2c[nH]c3ccccc23)C(=O)NC(CO)C(=O)NC(Cc2c[nH]c3ccccc23)C(=O)N1C. The van der Waals surface area contributed by atoms with Crippen molar-refractivity contribution in [3.8, 4) is 0 Å². The molecule has 8 rings (SSSR count). The van der Waals surface area contributed by atoms with Crippen molar-refractivity contribution < 1.29 is 81.8 Å². The first-order valence-corrected chi connectivity index (χ1v) is 43.9. The molecule has 42 heteroatoms. The number of unbranched alkanes of at least 4 members (excludes halogenated alkanes) is 1. The largest absolute Gasteiger partial charge is 0.394 e. The lowest BCUT2D eigenvalue weighted by Crippen LogP contribution is -2.61. The van der Waals surface area contributed by atoms with E-state index >= 15 is 14.4 Å². The molecule has 694 valence electrons. The van der Waals surface area contributed by atoms with Crippen LogP contribution in [0.4, 0.5) is 0 Å². The Morgan fingerprint density at radius 2 is 1.12 bits per heavy atom. The summed E-state index contributed by atoms with van der Waals surface area (Å²) < 4.78 is 0. The number of rotatable bonds is 23. The fourth-order valence-electron chi connectivity index (χ4n) is 15.2. The van der Waals surface area contributed by atoms with Crippen molar-refractivity contribution in [3.63, 3.8) is 0 Å². The Bertz CT molecular complexity index is 4890. The summed E-state index contributed by atoms with van der Waals surface area (Å²) in [5.41, 5.74) is 20.3. The molecule has 0 bridgehead atoms. The Morgan fingerprint density at radius 3 is 1.72 bits per heavy atom. The molecule has 2 saturated heterocycles. The van der Waals surface area contributed by atoms with Crippen LogP contribution in [-0.2, 0) is 102 Å². The van der Waals surface area contributed by atoms with E-state index in [1.165, 1.54) is 59.5 Å². The Balaban J connectivity index is 1.15. The summed E-state index contributed by atoms with van der Waals surface area (Å²) in [6, 6.07) is 4.14. The van der Waals surface area contributed by atoms with E-state index in [0.717, 1.165) is 42.3 Å². The summed E-state index contributed by atoms with van der Waals surface area (Å²) >= 11 is 0.795. The molecule has 2 fully saturated rings. The van der Waals surface area contributed by atoms with Crippen LogP contribution in [0.3, 0.4) is 0 Å². The number of aromatic nitrogens is 4. The zero-order chi connectivity index (χ0) is 93.6. The average Bonchev–Trinajstić information content (AvgIpc) is 1.19. The lowest BCUT2D eigenvalue weighted by molar-refractivity contribution is -0.149. The number of carbonyl (C=O) groups is 16. The van der Waals surface area contributed by atoms with Crippen LogP contribution in [0.5, 0.6) is 0 Å². The second-order valence-corrected chi connectivity index (χ2v) is 33.7. The smallest absolute Gasteiger partial charge is 0.246 e. The van der Waals surface area contributed by atoms with E-state index in [1.807, 2.05) is 45.0 Å². The third-order valence-corrected chi connectivity index (χ3v) is 23.7. The number of carbonyl (C=O) groups excluding carboxylic acids is 16. The highest BCUT2D eigenvalue weighted by Gasteiger charge is 2.43. The maximum Gasteiger partial charge on any atom is 0.246 e. The van der Waals surface area contributed by atoms with Crippen molar-refractivity contribution in [3.05, 3.63) is 126 Å². The number of aliphatic hydroxyl groups is 1.